The molecule has 23 heavy (non-hydrogen) atoms. The van der Waals surface area contributed by atoms with Crippen molar-refractivity contribution >= 4 is 29.5 Å². The lowest BCUT2D eigenvalue weighted by molar-refractivity contribution is -0.151. The molecule has 124 valence electrons. The number of halogens is 1. The van der Waals surface area contributed by atoms with Crippen LogP contribution in [-0.4, -0.2) is 35.1 Å². The summed E-state index contributed by atoms with van der Waals surface area (Å²) in [6.45, 7) is 0.0190. The molecule has 0 aromatic heterocycles. The van der Waals surface area contributed by atoms with Crippen LogP contribution >= 0.6 is 11.6 Å². The van der Waals surface area contributed by atoms with Crippen molar-refractivity contribution in [1.82, 2.24) is 16.0 Å². The summed E-state index contributed by atoms with van der Waals surface area (Å²) in [5.41, 5.74) is -0.299. The minimum absolute atomic E-state index is 0.276. The summed E-state index contributed by atoms with van der Waals surface area (Å²) in [5, 5.41) is 17.2. The molecule has 0 unspecified atom stereocenters. The molecule has 3 amide bonds. The summed E-state index contributed by atoms with van der Waals surface area (Å²) < 4.78 is 0. The summed E-state index contributed by atoms with van der Waals surface area (Å²) in [6, 6.07) is 6.49. The molecule has 1 aliphatic rings. The van der Waals surface area contributed by atoms with E-state index in [2.05, 4.69) is 16.0 Å². The van der Waals surface area contributed by atoms with E-state index in [0.717, 1.165) is 12.0 Å². The van der Waals surface area contributed by atoms with Gasteiger partial charge in [0.15, 0.2) is 0 Å². The van der Waals surface area contributed by atoms with E-state index < -0.39 is 23.4 Å². The fourth-order valence-corrected chi connectivity index (χ4v) is 2.37. The number of carboxylic acids is 1. The van der Waals surface area contributed by atoms with E-state index in [1.165, 1.54) is 0 Å². The lowest BCUT2D eigenvalue weighted by atomic mass is 9.77. The first kappa shape index (κ1) is 17.1. The summed E-state index contributed by atoms with van der Waals surface area (Å²) in [7, 11) is 0. The lowest BCUT2D eigenvalue weighted by Gasteiger charge is -2.38. The van der Waals surface area contributed by atoms with E-state index in [-0.39, 0.29) is 6.54 Å². The third-order valence-electron chi connectivity index (χ3n) is 3.77. The highest BCUT2D eigenvalue weighted by atomic mass is 35.5. The number of amides is 3. The van der Waals surface area contributed by atoms with Crippen molar-refractivity contribution < 1.29 is 19.5 Å². The minimum Gasteiger partial charge on any atom is -0.480 e. The zero-order valence-corrected chi connectivity index (χ0v) is 13.2. The summed E-state index contributed by atoms with van der Waals surface area (Å²) in [6.07, 6.45) is 1.59. The van der Waals surface area contributed by atoms with Crippen molar-refractivity contribution in [3.05, 3.63) is 34.9 Å². The molecule has 1 aromatic carbocycles. The number of hydrogen-bond acceptors (Lipinski definition) is 3. The fraction of sp³-hybridized carbons (Fsp3) is 0.400. The highest BCUT2D eigenvalue weighted by Gasteiger charge is 2.45. The topological polar surface area (TPSA) is 108 Å². The van der Waals surface area contributed by atoms with Gasteiger partial charge in [-0.3, -0.25) is 4.79 Å². The number of rotatable bonds is 6. The van der Waals surface area contributed by atoms with Gasteiger partial charge in [0.05, 0.1) is 6.54 Å². The Bertz CT molecular complexity index is 599. The molecule has 8 heteroatoms. The predicted molar refractivity (Wildman–Crippen MR) is 84.1 cm³/mol. The Labute approximate surface area is 138 Å². The third-order valence-corrected chi connectivity index (χ3v) is 4.02. The van der Waals surface area contributed by atoms with Crippen LogP contribution in [0.5, 0.6) is 0 Å². The average molecular weight is 340 g/mol. The van der Waals surface area contributed by atoms with Crippen molar-refractivity contribution in [3.8, 4) is 0 Å². The van der Waals surface area contributed by atoms with Crippen LogP contribution in [0.3, 0.4) is 0 Å². The van der Waals surface area contributed by atoms with Crippen LogP contribution in [0.2, 0.25) is 5.02 Å². The quantitative estimate of drug-likeness (QED) is 0.625. The summed E-state index contributed by atoms with van der Waals surface area (Å²) >= 11 is 5.76. The van der Waals surface area contributed by atoms with Gasteiger partial charge in [-0.25, -0.2) is 9.59 Å². The van der Waals surface area contributed by atoms with Gasteiger partial charge in [-0.05, 0) is 37.0 Å². The molecule has 4 N–H and O–H groups in total. The maximum atomic E-state index is 11.7. The molecule has 0 aliphatic heterocycles. The van der Waals surface area contributed by atoms with Crippen molar-refractivity contribution in [1.29, 1.82) is 0 Å². The molecule has 0 radical (unpaired) electrons. The van der Waals surface area contributed by atoms with Gasteiger partial charge in [0, 0.05) is 11.6 Å². The summed E-state index contributed by atoms with van der Waals surface area (Å²) in [4.78, 5) is 34.5. The van der Waals surface area contributed by atoms with Crippen LogP contribution in [0.15, 0.2) is 24.3 Å². The van der Waals surface area contributed by atoms with Crippen LogP contribution in [-0.2, 0) is 16.1 Å². The summed E-state index contributed by atoms with van der Waals surface area (Å²) in [5.74, 6) is -1.56. The molecule has 1 fully saturated rings. The average Bonchev–Trinajstić information content (AvgIpc) is 2.48. The van der Waals surface area contributed by atoms with E-state index in [4.69, 9.17) is 16.7 Å². The molecule has 1 aromatic rings. The largest absolute Gasteiger partial charge is 0.480 e. The number of nitrogens with one attached hydrogen (secondary N) is 3. The van der Waals surface area contributed by atoms with Crippen LogP contribution in [0.1, 0.15) is 24.8 Å². The van der Waals surface area contributed by atoms with Crippen molar-refractivity contribution in [2.24, 2.45) is 0 Å². The Kier molecular flexibility index (Phi) is 5.44. The standard InChI is InChI=1S/C15H18ClN3O4/c16-11-4-2-10(3-5-11)8-17-14(23)18-9-12(20)19-15(13(21)22)6-1-7-15/h2-5H,1,6-9H2,(H,19,20)(H,21,22)(H2,17,18,23). The second-order valence-corrected chi connectivity index (χ2v) is 5.89. The number of benzene rings is 1. The molecule has 0 spiro atoms. The van der Waals surface area contributed by atoms with Gasteiger partial charge in [0.1, 0.15) is 5.54 Å². The number of urea groups is 1. The first-order chi connectivity index (χ1) is 10.9. The number of carbonyl (C=O) groups is 3. The zero-order valence-electron chi connectivity index (χ0n) is 12.4. The molecule has 0 heterocycles. The maximum Gasteiger partial charge on any atom is 0.329 e. The zero-order chi connectivity index (χ0) is 16.9. The Morgan fingerprint density at radius 3 is 2.30 bits per heavy atom. The molecule has 1 saturated carbocycles. The van der Waals surface area contributed by atoms with Crippen molar-refractivity contribution in [2.75, 3.05) is 6.54 Å². The number of aliphatic carboxylic acids is 1. The van der Waals surface area contributed by atoms with Gasteiger partial charge >= 0.3 is 12.0 Å². The van der Waals surface area contributed by atoms with Crippen molar-refractivity contribution in [2.45, 2.75) is 31.3 Å². The van der Waals surface area contributed by atoms with Crippen LogP contribution < -0.4 is 16.0 Å². The number of carboxylic acid groups (broad SMARTS) is 1. The SMILES string of the molecule is O=C(CNC(=O)NCc1ccc(Cl)cc1)NC1(C(=O)O)CCC1. The number of hydrogen-bond donors (Lipinski definition) is 4. The molecular formula is C15H18ClN3O4. The highest BCUT2D eigenvalue weighted by molar-refractivity contribution is 6.30. The van der Waals surface area contributed by atoms with E-state index in [1.54, 1.807) is 24.3 Å². The first-order valence-corrected chi connectivity index (χ1v) is 7.60. The van der Waals surface area contributed by atoms with Gasteiger partial charge in [-0.1, -0.05) is 23.7 Å². The van der Waals surface area contributed by atoms with E-state index >= 15 is 0 Å². The van der Waals surface area contributed by atoms with Gasteiger partial charge < -0.3 is 21.1 Å². The van der Waals surface area contributed by atoms with Crippen LogP contribution in [0.25, 0.3) is 0 Å². The first-order valence-electron chi connectivity index (χ1n) is 7.22. The Balaban J connectivity index is 1.70. The van der Waals surface area contributed by atoms with Gasteiger partial charge in [0.25, 0.3) is 0 Å². The van der Waals surface area contributed by atoms with Crippen LogP contribution in [0, 0.1) is 0 Å². The molecule has 0 bridgehead atoms. The molecule has 0 saturated heterocycles. The van der Waals surface area contributed by atoms with E-state index in [9.17, 15) is 14.4 Å². The third kappa shape index (κ3) is 4.59. The van der Waals surface area contributed by atoms with E-state index in [0.29, 0.717) is 24.4 Å². The lowest BCUT2D eigenvalue weighted by Crippen LogP contribution is -2.60. The maximum absolute atomic E-state index is 11.7. The molecule has 2 rings (SSSR count). The smallest absolute Gasteiger partial charge is 0.329 e. The fourth-order valence-electron chi connectivity index (χ4n) is 2.24. The number of carbonyl (C=O) groups excluding carboxylic acids is 2. The second kappa shape index (κ2) is 7.32. The Morgan fingerprint density at radius 2 is 1.78 bits per heavy atom. The highest BCUT2D eigenvalue weighted by Crippen LogP contribution is 2.31. The molecule has 7 nitrogen and oxygen atoms in total. The van der Waals surface area contributed by atoms with Gasteiger partial charge in [0.2, 0.25) is 5.91 Å². The Hall–Kier alpha value is -2.28. The van der Waals surface area contributed by atoms with Crippen molar-refractivity contribution in [3.63, 3.8) is 0 Å². The monoisotopic (exact) mass is 339 g/mol. The Morgan fingerprint density at radius 1 is 1.13 bits per heavy atom. The minimum atomic E-state index is -1.17. The predicted octanol–water partition coefficient (Wildman–Crippen LogP) is 1.26. The van der Waals surface area contributed by atoms with Gasteiger partial charge in [-0.2, -0.15) is 0 Å². The van der Waals surface area contributed by atoms with Crippen LogP contribution in [0.4, 0.5) is 4.79 Å². The normalized spacial score (nSPS) is 15.2. The molecule has 1 aliphatic carbocycles. The molecule has 0 atom stereocenters. The van der Waals surface area contributed by atoms with Gasteiger partial charge in [-0.15, -0.1) is 0 Å². The second-order valence-electron chi connectivity index (χ2n) is 5.45. The van der Waals surface area contributed by atoms with E-state index in [1.807, 2.05) is 0 Å². The molecular weight excluding hydrogens is 322 g/mol.